The van der Waals surface area contributed by atoms with Crippen LogP contribution in [0.5, 0.6) is 0 Å². The molecule has 2 rings (SSSR count). The number of rotatable bonds is 3. The summed E-state index contributed by atoms with van der Waals surface area (Å²) in [7, 11) is 0. The van der Waals surface area contributed by atoms with Gasteiger partial charge in [-0.25, -0.2) is 13.2 Å². The van der Waals surface area contributed by atoms with Gasteiger partial charge >= 0.3 is 0 Å². The minimum Gasteiger partial charge on any atom is -0.392 e. The molecule has 4 nitrogen and oxygen atoms in total. The summed E-state index contributed by atoms with van der Waals surface area (Å²) in [4.78, 5) is 13.3. The standard InChI is InChI=1S/C12H13F3N2O2/c13-8-1-2-9(12(15)11(8)14)16-10(19)6-17-4-3-7(18)5-17/h1-2,7,18H,3-6H2,(H,16,19)/t7-/m1/s1. The maximum absolute atomic E-state index is 13.3. The molecule has 1 aromatic carbocycles. The number of nitrogens with one attached hydrogen (secondary N) is 1. The van der Waals surface area contributed by atoms with Crippen LogP contribution in [0.2, 0.25) is 0 Å². The molecule has 104 valence electrons. The van der Waals surface area contributed by atoms with Crippen molar-refractivity contribution in [2.45, 2.75) is 12.5 Å². The molecule has 1 fully saturated rings. The first kappa shape index (κ1) is 13.8. The van der Waals surface area contributed by atoms with Crippen LogP contribution >= 0.6 is 0 Å². The quantitative estimate of drug-likeness (QED) is 0.812. The minimum absolute atomic E-state index is 0.0322. The maximum Gasteiger partial charge on any atom is 0.238 e. The SMILES string of the molecule is O=C(CN1CC[C@@H](O)C1)Nc1ccc(F)c(F)c1F. The Morgan fingerprint density at radius 3 is 2.74 bits per heavy atom. The van der Waals surface area contributed by atoms with Gasteiger partial charge in [-0.1, -0.05) is 0 Å². The first-order valence-corrected chi connectivity index (χ1v) is 5.81. The van der Waals surface area contributed by atoms with Crippen molar-refractivity contribution < 1.29 is 23.1 Å². The molecule has 1 amide bonds. The molecule has 1 aliphatic rings. The lowest BCUT2D eigenvalue weighted by Crippen LogP contribution is -2.32. The van der Waals surface area contributed by atoms with Crippen molar-refractivity contribution in [1.29, 1.82) is 0 Å². The predicted molar refractivity (Wildman–Crippen MR) is 62.0 cm³/mol. The lowest BCUT2D eigenvalue weighted by molar-refractivity contribution is -0.117. The molecule has 0 unspecified atom stereocenters. The van der Waals surface area contributed by atoms with E-state index in [1.54, 1.807) is 4.90 Å². The molecule has 1 atom stereocenters. The Kier molecular flexibility index (Phi) is 4.06. The normalized spacial score (nSPS) is 19.7. The number of β-amino-alcohol motifs (C(OH)–C–C–N with tert-alkyl or cyclic N) is 1. The summed E-state index contributed by atoms with van der Waals surface area (Å²) < 4.78 is 39.0. The van der Waals surface area contributed by atoms with Crippen LogP contribution in [0.15, 0.2) is 12.1 Å². The van der Waals surface area contributed by atoms with E-state index >= 15 is 0 Å². The van der Waals surface area contributed by atoms with E-state index in [1.807, 2.05) is 0 Å². The molecule has 0 radical (unpaired) electrons. The van der Waals surface area contributed by atoms with Gasteiger partial charge in [-0.3, -0.25) is 9.69 Å². The van der Waals surface area contributed by atoms with E-state index in [0.717, 1.165) is 12.1 Å². The van der Waals surface area contributed by atoms with Crippen molar-refractivity contribution in [2.24, 2.45) is 0 Å². The van der Waals surface area contributed by atoms with Crippen LogP contribution in [-0.4, -0.2) is 41.7 Å². The van der Waals surface area contributed by atoms with Crippen molar-refractivity contribution >= 4 is 11.6 Å². The lowest BCUT2D eigenvalue weighted by atomic mass is 10.2. The van der Waals surface area contributed by atoms with Gasteiger partial charge in [0.1, 0.15) is 0 Å². The number of anilines is 1. The highest BCUT2D eigenvalue weighted by Gasteiger charge is 2.22. The Labute approximate surface area is 107 Å². The van der Waals surface area contributed by atoms with Crippen LogP contribution in [0, 0.1) is 17.5 Å². The van der Waals surface area contributed by atoms with Crippen LogP contribution in [-0.2, 0) is 4.79 Å². The molecule has 1 heterocycles. The van der Waals surface area contributed by atoms with Gasteiger partial charge in [-0.2, -0.15) is 0 Å². The molecule has 1 saturated heterocycles. The number of amides is 1. The highest BCUT2D eigenvalue weighted by molar-refractivity contribution is 5.92. The van der Waals surface area contributed by atoms with Gasteiger partial charge in [-0.15, -0.1) is 0 Å². The van der Waals surface area contributed by atoms with E-state index in [2.05, 4.69) is 5.32 Å². The van der Waals surface area contributed by atoms with Crippen LogP contribution in [0.25, 0.3) is 0 Å². The van der Waals surface area contributed by atoms with Crippen LogP contribution in [0.1, 0.15) is 6.42 Å². The second-order valence-corrected chi connectivity index (χ2v) is 4.45. The first-order valence-electron chi connectivity index (χ1n) is 5.81. The summed E-state index contributed by atoms with van der Waals surface area (Å²) >= 11 is 0. The molecule has 0 bridgehead atoms. The number of nitrogens with zero attached hydrogens (tertiary/aromatic N) is 1. The number of halogens is 3. The number of likely N-dealkylation sites (tertiary alicyclic amines) is 1. The number of carbonyl (C=O) groups excluding carboxylic acids is 1. The Bertz CT molecular complexity index is 496. The number of aliphatic hydroxyl groups excluding tert-OH is 1. The molecule has 0 spiro atoms. The van der Waals surface area contributed by atoms with Gasteiger partial charge in [0.25, 0.3) is 0 Å². The Morgan fingerprint density at radius 1 is 1.37 bits per heavy atom. The van der Waals surface area contributed by atoms with Crippen molar-refractivity contribution in [1.82, 2.24) is 4.90 Å². The van der Waals surface area contributed by atoms with Gasteiger partial charge in [0, 0.05) is 13.1 Å². The highest BCUT2D eigenvalue weighted by atomic mass is 19.2. The molecular weight excluding hydrogens is 261 g/mol. The average Bonchev–Trinajstić information content (AvgIpc) is 2.75. The lowest BCUT2D eigenvalue weighted by Gasteiger charge is -2.14. The summed E-state index contributed by atoms with van der Waals surface area (Å²) in [5.74, 6) is -4.89. The molecule has 1 aliphatic heterocycles. The summed E-state index contributed by atoms with van der Waals surface area (Å²) in [6, 6.07) is 1.71. The number of hydrogen-bond acceptors (Lipinski definition) is 3. The summed E-state index contributed by atoms with van der Waals surface area (Å²) in [6.07, 6.45) is 0.111. The minimum atomic E-state index is -1.62. The van der Waals surface area contributed by atoms with Gasteiger partial charge in [0.15, 0.2) is 17.5 Å². The fraction of sp³-hybridized carbons (Fsp3) is 0.417. The van der Waals surface area contributed by atoms with Crippen molar-refractivity contribution in [3.8, 4) is 0 Å². The summed E-state index contributed by atoms with van der Waals surface area (Å²) in [6.45, 7) is 0.901. The van der Waals surface area contributed by atoms with E-state index in [-0.39, 0.29) is 6.54 Å². The molecule has 1 aromatic rings. The molecular formula is C12H13F3N2O2. The van der Waals surface area contributed by atoms with Crippen LogP contribution in [0.3, 0.4) is 0 Å². The number of aliphatic hydroxyl groups is 1. The average molecular weight is 274 g/mol. The summed E-state index contributed by atoms with van der Waals surface area (Å²) in [5, 5.41) is 11.5. The molecule has 0 aromatic heterocycles. The van der Waals surface area contributed by atoms with Crippen molar-refractivity contribution in [2.75, 3.05) is 25.0 Å². The van der Waals surface area contributed by atoms with Gasteiger partial charge < -0.3 is 10.4 Å². The van der Waals surface area contributed by atoms with Crippen LogP contribution < -0.4 is 5.32 Å². The zero-order chi connectivity index (χ0) is 14.0. The second kappa shape index (κ2) is 5.58. The Balaban J connectivity index is 1.97. The fourth-order valence-electron chi connectivity index (χ4n) is 1.97. The molecule has 19 heavy (non-hydrogen) atoms. The number of carbonyl (C=O) groups is 1. The molecule has 7 heteroatoms. The zero-order valence-electron chi connectivity index (χ0n) is 10.00. The van der Waals surface area contributed by atoms with Crippen molar-refractivity contribution in [3.63, 3.8) is 0 Å². The van der Waals surface area contributed by atoms with Gasteiger partial charge in [0.2, 0.25) is 5.91 Å². The van der Waals surface area contributed by atoms with E-state index < -0.39 is 35.2 Å². The van der Waals surface area contributed by atoms with Gasteiger partial charge in [-0.05, 0) is 18.6 Å². The molecule has 0 saturated carbocycles. The fourth-order valence-corrected chi connectivity index (χ4v) is 1.97. The van der Waals surface area contributed by atoms with Crippen molar-refractivity contribution in [3.05, 3.63) is 29.6 Å². The predicted octanol–water partition coefficient (Wildman–Crippen LogP) is 1.11. The third-order valence-electron chi connectivity index (χ3n) is 2.92. The Morgan fingerprint density at radius 2 is 2.11 bits per heavy atom. The maximum atomic E-state index is 13.3. The second-order valence-electron chi connectivity index (χ2n) is 4.45. The first-order chi connectivity index (χ1) is 8.97. The number of hydrogen-bond donors (Lipinski definition) is 2. The summed E-state index contributed by atoms with van der Waals surface area (Å²) in [5.41, 5.74) is -0.399. The highest BCUT2D eigenvalue weighted by Crippen LogP contribution is 2.19. The van der Waals surface area contributed by atoms with E-state index in [1.165, 1.54) is 0 Å². The zero-order valence-corrected chi connectivity index (χ0v) is 10.00. The Hall–Kier alpha value is -1.60. The molecule has 0 aliphatic carbocycles. The topological polar surface area (TPSA) is 52.6 Å². The molecule has 2 N–H and O–H groups in total. The smallest absolute Gasteiger partial charge is 0.238 e. The number of benzene rings is 1. The monoisotopic (exact) mass is 274 g/mol. The third-order valence-corrected chi connectivity index (χ3v) is 2.92. The largest absolute Gasteiger partial charge is 0.392 e. The van der Waals surface area contributed by atoms with E-state index in [9.17, 15) is 23.1 Å². The van der Waals surface area contributed by atoms with E-state index in [0.29, 0.717) is 19.5 Å². The van der Waals surface area contributed by atoms with E-state index in [4.69, 9.17) is 0 Å². The third kappa shape index (κ3) is 3.24. The van der Waals surface area contributed by atoms with Gasteiger partial charge in [0.05, 0.1) is 18.3 Å². The van der Waals surface area contributed by atoms with Crippen LogP contribution in [0.4, 0.5) is 18.9 Å².